The SMILES string of the molecule is CC(C)(C)C(=O)CC(=O)C(C)(C)C(=O)[O-].CC(C)(C)C(=O)CC(=O)C(C)(C)C(=O)[O-].CC(C)(C)C(=O)CC(=O)C(C)(C)C(=O)[O-].[Ir+3]. The van der Waals surface area contributed by atoms with E-state index >= 15 is 0 Å². The summed E-state index contributed by atoms with van der Waals surface area (Å²) in [6.45, 7) is 22.7. The van der Waals surface area contributed by atoms with Gasteiger partial charge in [-0.3, -0.25) is 28.8 Å². The molecule has 0 bridgehead atoms. The number of ketones is 6. The zero-order valence-corrected chi connectivity index (χ0v) is 32.2. The van der Waals surface area contributed by atoms with Gasteiger partial charge in [0.15, 0.2) is 17.3 Å². The van der Waals surface area contributed by atoms with Crippen LogP contribution in [0.25, 0.3) is 0 Å². The van der Waals surface area contributed by atoms with Crippen molar-refractivity contribution >= 4 is 52.6 Å². The topological polar surface area (TPSA) is 223 Å². The molecule has 0 heterocycles. The Morgan fingerprint density at radius 2 is 0.457 bits per heavy atom. The molecule has 0 aromatic carbocycles. The molecular weight excluding hydrogens is 781 g/mol. The van der Waals surface area contributed by atoms with Gasteiger partial charge in [-0.25, -0.2) is 0 Å². The van der Waals surface area contributed by atoms with Crippen LogP contribution in [-0.2, 0) is 63.3 Å². The second-order valence-electron chi connectivity index (χ2n) is 15.6. The van der Waals surface area contributed by atoms with Crippen molar-refractivity contribution < 1.29 is 78.6 Å². The molecule has 13 heteroatoms. The van der Waals surface area contributed by atoms with Crippen LogP contribution >= 0.6 is 0 Å². The van der Waals surface area contributed by atoms with Crippen LogP contribution in [0.5, 0.6) is 0 Å². The van der Waals surface area contributed by atoms with Crippen LogP contribution in [0.3, 0.4) is 0 Å². The van der Waals surface area contributed by atoms with Gasteiger partial charge in [0.1, 0.15) is 17.3 Å². The van der Waals surface area contributed by atoms with Crippen molar-refractivity contribution in [1.29, 1.82) is 0 Å². The molecule has 0 aliphatic heterocycles. The Hall–Kier alpha value is -2.92. The van der Waals surface area contributed by atoms with Crippen LogP contribution in [0.4, 0.5) is 0 Å². The fourth-order valence-electron chi connectivity index (χ4n) is 2.24. The Bertz CT molecular complexity index is 1040. The maximum absolute atomic E-state index is 11.5. The van der Waals surface area contributed by atoms with Gasteiger partial charge in [0, 0.05) is 16.2 Å². The number of carboxylic acid groups (broad SMARTS) is 3. The van der Waals surface area contributed by atoms with Gasteiger partial charge in [0.2, 0.25) is 0 Å². The Morgan fingerprint density at radius 3 is 0.543 bits per heavy atom. The maximum atomic E-state index is 11.5. The molecule has 0 saturated heterocycles. The second-order valence-corrected chi connectivity index (χ2v) is 15.6. The Kier molecular flexibility index (Phi) is 19.4. The maximum Gasteiger partial charge on any atom is 3.00 e. The first kappa shape index (κ1) is 49.9. The van der Waals surface area contributed by atoms with Gasteiger partial charge in [-0.2, -0.15) is 0 Å². The molecule has 0 unspecified atom stereocenters. The summed E-state index contributed by atoms with van der Waals surface area (Å²) in [5.41, 5.74) is -6.67. The normalized spacial score (nSPS) is 12.1. The Morgan fingerprint density at radius 1 is 0.326 bits per heavy atom. The van der Waals surface area contributed by atoms with Gasteiger partial charge in [0.05, 0.1) is 53.4 Å². The quantitative estimate of drug-likeness (QED) is 0.252. The fraction of sp³-hybridized carbons (Fsp3) is 0.727. The largest absolute Gasteiger partial charge is 3.00 e. The zero-order valence-electron chi connectivity index (χ0n) is 29.9. The molecule has 0 spiro atoms. The molecule has 0 amide bonds. The van der Waals surface area contributed by atoms with Gasteiger partial charge < -0.3 is 29.7 Å². The van der Waals surface area contributed by atoms with Gasteiger partial charge in [-0.15, -0.1) is 0 Å². The van der Waals surface area contributed by atoms with E-state index in [9.17, 15) is 58.5 Å². The third kappa shape index (κ3) is 16.6. The van der Waals surface area contributed by atoms with Crippen molar-refractivity contribution in [3.05, 3.63) is 0 Å². The third-order valence-electron chi connectivity index (χ3n) is 7.10. The molecule has 46 heavy (non-hydrogen) atoms. The van der Waals surface area contributed by atoms with Gasteiger partial charge >= 0.3 is 20.1 Å². The predicted molar refractivity (Wildman–Crippen MR) is 159 cm³/mol. The zero-order chi connectivity index (χ0) is 37.3. The van der Waals surface area contributed by atoms with Crippen LogP contribution in [-0.4, -0.2) is 52.6 Å². The Balaban J connectivity index is -0.000000285. The number of carbonyl (C=O) groups excluding carboxylic acids is 9. The van der Waals surface area contributed by atoms with Crippen LogP contribution in [0.1, 0.15) is 123 Å². The molecule has 0 aliphatic rings. The number of aliphatic carboxylic acids is 3. The molecule has 0 rings (SSSR count). The molecule has 0 fully saturated rings. The predicted octanol–water partition coefficient (Wildman–Crippen LogP) is 1.01. The van der Waals surface area contributed by atoms with Gasteiger partial charge in [0.25, 0.3) is 0 Å². The molecule has 0 aliphatic carbocycles. The second kappa shape index (κ2) is 17.8. The third-order valence-corrected chi connectivity index (χ3v) is 7.10. The van der Waals surface area contributed by atoms with Crippen molar-refractivity contribution in [2.45, 2.75) is 123 Å². The van der Waals surface area contributed by atoms with E-state index in [1.165, 1.54) is 41.5 Å². The summed E-state index contributed by atoms with van der Waals surface area (Å²) >= 11 is 0. The summed E-state index contributed by atoms with van der Waals surface area (Å²) < 4.78 is 0. The van der Waals surface area contributed by atoms with E-state index in [-0.39, 0.29) is 56.7 Å². The number of Topliss-reactive ketones (excluding diaryl/α,β-unsaturated/α-hetero) is 6. The van der Waals surface area contributed by atoms with Crippen molar-refractivity contribution in [3.63, 3.8) is 0 Å². The van der Waals surface area contributed by atoms with Crippen molar-refractivity contribution in [2.75, 3.05) is 0 Å². The number of rotatable bonds is 12. The van der Waals surface area contributed by atoms with Crippen LogP contribution in [0.2, 0.25) is 0 Å². The minimum Gasteiger partial charge on any atom is -0.549 e. The van der Waals surface area contributed by atoms with Crippen LogP contribution in [0, 0.1) is 32.5 Å². The first-order valence-corrected chi connectivity index (χ1v) is 14.3. The number of hydrogen-bond acceptors (Lipinski definition) is 12. The van der Waals surface area contributed by atoms with Crippen LogP contribution in [0.15, 0.2) is 0 Å². The Labute approximate surface area is 286 Å². The fourth-order valence-corrected chi connectivity index (χ4v) is 2.24. The molecule has 0 aromatic rings. The van der Waals surface area contributed by atoms with E-state index in [0.29, 0.717) is 0 Å². The minimum absolute atomic E-state index is 0. The number of carboxylic acids is 3. The molecule has 0 atom stereocenters. The average molecular weight is 832 g/mol. The summed E-state index contributed by atoms with van der Waals surface area (Å²) in [7, 11) is 0. The van der Waals surface area contributed by atoms with E-state index in [1.807, 2.05) is 0 Å². The molecule has 0 radical (unpaired) electrons. The summed E-state index contributed by atoms with van der Waals surface area (Å²) in [4.78, 5) is 101. The van der Waals surface area contributed by atoms with E-state index < -0.39 is 67.7 Å². The smallest absolute Gasteiger partial charge is 0.549 e. The summed E-state index contributed by atoms with van der Waals surface area (Å²) in [5, 5.41) is 32.0. The molecular formula is C33H51IrO12. The van der Waals surface area contributed by atoms with Gasteiger partial charge in [-0.05, 0) is 41.5 Å². The molecule has 0 aromatic heterocycles. The van der Waals surface area contributed by atoms with Crippen molar-refractivity contribution in [2.24, 2.45) is 32.5 Å². The van der Waals surface area contributed by atoms with Crippen molar-refractivity contribution in [1.82, 2.24) is 0 Å². The van der Waals surface area contributed by atoms with Crippen molar-refractivity contribution in [3.8, 4) is 0 Å². The molecule has 0 saturated carbocycles. The van der Waals surface area contributed by atoms with Crippen LogP contribution < -0.4 is 15.3 Å². The first-order valence-electron chi connectivity index (χ1n) is 14.3. The molecule has 12 nitrogen and oxygen atoms in total. The van der Waals surface area contributed by atoms with E-state index in [4.69, 9.17) is 0 Å². The first-order chi connectivity index (χ1) is 19.5. The van der Waals surface area contributed by atoms with E-state index in [0.717, 1.165) is 0 Å². The summed E-state index contributed by atoms with van der Waals surface area (Å²) in [6.07, 6.45) is -1.07. The summed E-state index contributed by atoms with van der Waals surface area (Å²) in [5.74, 6) is -6.96. The standard InChI is InChI=1S/3C11H18O4.Ir/c3*1-10(2,3)7(12)6-8(13)11(4,5)9(14)15;/h3*6H2,1-5H3,(H,14,15);/q;;;+3/p-3. The van der Waals surface area contributed by atoms with Gasteiger partial charge in [-0.1, -0.05) is 62.3 Å². The van der Waals surface area contributed by atoms with E-state index in [2.05, 4.69) is 0 Å². The summed E-state index contributed by atoms with van der Waals surface area (Å²) in [6, 6.07) is 0. The minimum atomic E-state index is -1.60. The molecule has 264 valence electrons. The average Bonchev–Trinajstić information content (AvgIpc) is 2.82. The number of hydrogen-bond donors (Lipinski definition) is 0. The van der Waals surface area contributed by atoms with E-state index in [1.54, 1.807) is 62.3 Å². The molecule has 0 N–H and O–H groups in total. The number of carbonyl (C=O) groups is 9. The monoisotopic (exact) mass is 832 g/mol.